The molecule has 1 N–H and O–H groups in total. The van der Waals surface area contributed by atoms with Gasteiger partial charge in [-0.2, -0.15) is 0 Å². The maximum atomic E-state index is 3.78. The van der Waals surface area contributed by atoms with Crippen LogP contribution in [-0.2, 0) is 0 Å². The molecule has 1 aliphatic rings. The van der Waals surface area contributed by atoms with E-state index < -0.39 is 0 Å². The molecule has 2 unspecified atom stereocenters. The van der Waals surface area contributed by atoms with Crippen molar-refractivity contribution in [1.82, 2.24) is 5.32 Å². The zero-order valence-corrected chi connectivity index (χ0v) is 8.56. The average Bonchev–Trinajstić information content (AvgIpc) is 2.30. The van der Waals surface area contributed by atoms with Crippen molar-refractivity contribution in [2.24, 2.45) is 5.41 Å². The molecule has 1 aliphatic carbocycles. The van der Waals surface area contributed by atoms with Crippen LogP contribution < -0.4 is 5.32 Å². The standard InChI is InChI=1S/C11H21N/c1-5-9(2)12-10-6-7-11(3,4)8-10/h5,9-10,12H,1,6-8H2,2-4H3. The van der Waals surface area contributed by atoms with Crippen LogP contribution in [0.15, 0.2) is 12.7 Å². The van der Waals surface area contributed by atoms with Crippen molar-refractivity contribution in [2.45, 2.75) is 52.1 Å². The minimum Gasteiger partial charge on any atom is -0.308 e. The molecule has 0 saturated heterocycles. The van der Waals surface area contributed by atoms with Gasteiger partial charge in [0.1, 0.15) is 0 Å². The lowest BCUT2D eigenvalue weighted by Gasteiger charge is -2.19. The van der Waals surface area contributed by atoms with E-state index in [0.29, 0.717) is 17.5 Å². The molecule has 1 nitrogen and oxygen atoms in total. The highest BCUT2D eigenvalue weighted by molar-refractivity contribution is 4.91. The number of nitrogens with one attached hydrogen (secondary N) is 1. The lowest BCUT2D eigenvalue weighted by atomic mass is 9.92. The Morgan fingerprint density at radius 3 is 2.67 bits per heavy atom. The molecule has 1 rings (SSSR count). The molecule has 0 aromatic heterocycles. The maximum absolute atomic E-state index is 3.78. The van der Waals surface area contributed by atoms with Crippen molar-refractivity contribution in [3.63, 3.8) is 0 Å². The highest BCUT2D eigenvalue weighted by Crippen LogP contribution is 2.36. The van der Waals surface area contributed by atoms with E-state index >= 15 is 0 Å². The van der Waals surface area contributed by atoms with E-state index in [2.05, 4.69) is 32.7 Å². The number of hydrogen-bond acceptors (Lipinski definition) is 1. The van der Waals surface area contributed by atoms with Crippen LogP contribution in [0.2, 0.25) is 0 Å². The topological polar surface area (TPSA) is 12.0 Å². The van der Waals surface area contributed by atoms with Gasteiger partial charge in [0.2, 0.25) is 0 Å². The zero-order chi connectivity index (χ0) is 9.19. The Morgan fingerprint density at radius 1 is 1.58 bits per heavy atom. The second-order valence-electron chi connectivity index (χ2n) is 4.79. The first-order chi connectivity index (χ1) is 5.53. The quantitative estimate of drug-likeness (QED) is 0.637. The van der Waals surface area contributed by atoms with E-state index in [4.69, 9.17) is 0 Å². The molecule has 70 valence electrons. The lowest BCUT2D eigenvalue weighted by molar-refractivity contribution is 0.361. The fraction of sp³-hybridized carbons (Fsp3) is 0.818. The predicted molar refractivity (Wildman–Crippen MR) is 54.2 cm³/mol. The maximum Gasteiger partial charge on any atom is 0.0221 e. The van der Waals surface area contributed by atoms with Crippen LogP contribution in [0, 0.1) is 5.41 Å². The number of hydrogen-bond donors (Lipinski definition) is 1. The van der Waals surface area contributed by atoms with Crippen molar-refractivity contribution in [2.75, 3.05) is 0 Å². The summed E-state index contributed by atoms with van der Waals surface area (Å²) in [6, 6.07) is 1.18. The minimum absolute atomic E-state index is 0.462. The fourth-order valence-corrected chi connectivity index (χ4v) is 2.02. The summed E-state index contributed by atoms with van der Waals surface area (Å²) in [5.41, 5.74) is 0.554. The molecule has 1 heteroatoms. The average molecular weight is 167 g/mol. The van der Waals surface area contributed by atoms with Gasteiger partial charge in [-0.3, -0.25) is 0 Å². The molecule has 1 fully saturated rings. The van der Waals surface area contributed by atoms with Gasteiger partial charge < -0.3 is 5.32 Å². The third-order valence-electron chi connectivity index (χ3n) is 2.82. The van der Waals surface area contributed by atoms with Crippen LogP contribution >= 0.6 is 0 Å². The Balaban J connectivity index is 2.33. The van der Waals surface area contributed by atoms with Crippen LogP contribution in [0.3, 0.4) is 0 Å². The van der Waals surface area contributed by atoms with Gasteiger partial charge in [0.25, 0.3) is 0 Å². The van der Waals surface area contributed by atoms with Crippen molar-refractivity contribution in [3.05, 3.63) is 12.7 Å². The van der Waals surface area contributed by atoms with E-state index in [1.807, 2.05) is 6.08 Å². The Kier molecular flexibility index (Phi) is 2.94. The van der Waals surface area contributed by atoms with E-state index in [1.54, 1.807) is 0 Å². The summed E-state index contributed by atoms with van der Waals surface area (Å²) in [6.07, 6.45) is 5.97. The first-order valence-corrected chi connectivity index (χ1v) is 4.92. The molecule has 1 saturated carbocycles. The van der Waals surface area contributed by atoms with Crippen molar-refractivity contribution < 1.29 is 0 Å². The summed E-state index contributed by atoms with van der Waals surface area (Å²) in [4.78, 5) is 0. The van der Waals surface area contributed by atoms with Gasteiger partial charge in [0, 0.05) is 12.1 Å². The van der Waals surface area contributed by atoms with Gasteiger partial charge in [-0.05, 0) is 31.6 Å². The predicted octanol–water partition coefficient (Wildman–Crippen LogP) is 2.73. The molecule has 12 heavy (non-hydrogen) atoms. The molecular weight excluding hydrogens is 146 g/mol. The molecule has 0 radical (unpaired) electrons. The van der Waals surface area contributed by atoms with E-state index in [1.165, 1.54) is 19.3 Å². The monoisotopic (exact) mass is 167 g/mol. The SMILES string of the molecule is C=CC(C)NC1CCC(C)(C)C1. The van der Waals surface area contributed by atoms with Crippen LogP contribution in [0.1, 0.15) is 40.0 Å². The van der Waals surface area contributed by atoms with Gasteiger partial charge in [0.05, 0.1) is 0 Å². The van der Waals surface area contributed by atoms with Crippen molar-refractivity contribution in [1.29, 1.82) is 0 Å². The lowest BCUT2D eigenvalue weighted by Crippen LogP contribution is -2.33. The summed E-state index contributed by atoms with van der Waals surface area (Å²) in [5.74, 6) is 0. The summed E-state index contributed by atoms with van der Waals surface area (Å²) >= 11 is 0. The van der Waals surface area contributed by atoms with Gasteiger partial charge in [-0.25, -0.2) is 0 Å². The molecule has 0 aliphatic heterocycles. The van der Waals surface area contributed by atoms with Crippen LogP contribution in [0.25, 0.3) is 0 Å². The summed E-state index contributed by atoms with van der Waals surface area (Å²) in [5, 5.41) is 3.57. The Bertz CT molecular complexity index is 160. The van der Waals surface area contributed by atoms with Gasteiger partial charge in [-0.15, -0.1) is 6.58 Å². The highest BCUT2D eigenvalue weighted by Gasteiger charge is 2.30. The Hall–Kier alpha value is -0.300. The van der Waals surface area contributed by atoms with Crippen LogP contribution in [0.5, 0.6) is 0 Å². The molecule has 0 aromatic carbocycles. The van der Waals surface area contributed by atoms with Gasteiger partial charge in [0.15, 0.2) is 0 Å². The third kappa shape index (κ3) is 2.63. The second kappa shape index (κ2) is 3.61. The summed E-state index contributed by atoms with van der Waals surface area (Å²) in [7, 11) is 0. The molecule has 0 spiro atoms. The van der Waals surface area contributed by atoms with Crippen LogP contribution in [-0.4, -0.2) is 12.1 Å². The van der Waals surface area contributed by atoms with E-state index in [9.17, 15) is 0 Å². The van der Waals surface area contributed by atoms with Crippen molar-refractivity contribution >= 4 is 0 Å². The largest absolute Gasteiger partial charge is 0.308 e. The zero-order valence-electron chi connectivity index (χ0n) is 8.56. The molecule has 0 aromatic rings. The first kappa shape index (κ1) is 9.79. The summed E-state index contributed by atoms with van der Waals surface area (Å²) in [6.45, 7) is 10.7. The summed E-state index contributed by atoms with van der Waals surface area (Å²) < 4.78 is 0. The Labute approximate surface area is 76.2 Å². The molecule has 0 bridgehead atoms. The molecule has 2 atom stereocenters. The van der Waals surface area contributed by atoms with Crippen LogP contribution in [0.4, 0.5) is 0 Å². The molecule has 0 heterocycles. The smallest absolute Gasteiger partial charge is 0.0221 e. The van der Waals surface area contributed by atoms with Gasteiger partial charge in [-0.1, -0.05) is 19.9 Å². The van der Waals surface area contributed by atoms with E-state index in [-0.39, 0.29) is 0 Å². The second-order valence-corrected chi connectivity index (χ2v) is 4.79. The first-order valence-electron chi connectivity index (χ1n) is 4.92. The van der Waals surface area contributed by atoms with E-state index in [0.717, 1.165) is 0 Å². The molecular formula is C11H21N. The van der Waals surface area contributed by atoms with Crippen molar-refractivity contribution in [3.8, 4) is 0 Å². The normalized spacial score (nSPS) is 30.1. The Morgan fingerprint density at radius 2 is 2.25 bits per heavy atom. The molecule has 0 amide bonds. The minimum atomic E-state index is 0.462. The number of rotatable bonds is 3. The third-order valence-corrected chi connectivity index (χ3v) is 2.82. The highest BCUT2D eigenvalue weighted by atomic mass is 14.9. The fourth-order valence-electron chi connectivity index (χ4n) is 2.02. The van der Waals surface area contributed by atoms with Gasteiger partial charge >= 0.3 is 0 Å².